The largest absolute Gasteiger partial charge is 0.367 e. The summed E-state index contributed by atoms with van der Waals surface area (Å²) in [4.78, 5) is 0. The third-order valence-corrected chi connectivity index (χ3v) is 2.31. The molecular weight excluding hydrogens is 144 g/mol. The lowest BCUT2D eigenvalue weighted by Crippen LogP contribution is -2.57. The van der Waals surface area contributed by atoms with Crippen molar-refractivity contribution in [3.8, 4) is 0 Å². The molecule has 2 aliphatic rings. The Kier molecular flexibility index (Phi) is 1.67. The SMILES string of the molecule is CCOC12COC1C[C@H](C)O2. The lowest BCUT2D eigenvalue weighted by molar-refractivity contribution is -0.348. The van der Waals surface area contributed by atoms with Gasteiger partial charge in [-0.05, 0) is 13.8 Å². The minimum atomic E-state index is -0.367. The zero-order valence-corrected chi connectivity index (χ0v) is 7.00. The molecule has 0 amide bonds. The van der Waals surface area contributed by atoms with Crippen LogP contribution in [0.5, 0.6) is 0 Å². The summed E-state index contributed by atoms with van der Waals surface area (Å²) >= 11 is 0. The Hall–Kier alpha value is -0.120. The van der Waals surface area contributed by atoms with Gasteiger partial charge in [0.25, 0.3) is 0 Å². The fourth-order valence-corrected chi connectivity index (χ4v) is 1.80. The van der Waals surface area contributed by atoms with Crippen LogP contribution in [0.25, 0.3) is 0 Å². The lowest BCUT2D eigenvalue weighted by atomic mass is 10.0. The first kappa shape index (κ1) is 7.53. The number of ether oxygens (including phenoxy) is 3. The number of hydrogen-bond donors (Lipinski definition) is 0. The van der Waals surface area contributed by atoms with Crippen LogP contribution in [0.15, 0.2) is 0 Å². The Labute approximate surface area is 66.6 Å². The topological polar surface area (TPSA) is 27.7 Å². The molecule has 64 valence electrons. The van der Waals surface area contributed by atoms with Gasteiger partial charge in [-0.1, -0.05) is 0 Å². The van der Waals surface area contributed by atoms with Gasteiger partial charge in [-0.25, -0.2) is 0 Å². The third kappa shape index (κ3) is 0.991. The Morgan fingerprint density at radius 2 is 2.45 bits per heavy atom. The fourth-order valence-electron chi connectivity index (χ4n) is 1.80. The summed E-state index contributed by atoms with van der Waals surface area (Å²) in [6.45, 7) is 5.35. The van der Waals surface area contributed by atoms with E-state index >= 15 is 0 Å². The second-order valence-corrected chi connectivity index (χ2v) is 3.21. The van der Waals surface area contributed by atoms with Gasteiger partial charge in [-0.2, -0.15) is 0 Å². The van der Waals surface area contributed by atoms with Gasteiger partial charge in [-0.3, -0.25) is 0 Å². The van der Waals surface area contributed by atoms with Crippen LogP contribution in [0.4, 0.5) is 0 Å². The maximum atomic E-state index is 5.64. The van der Waals surface area contributed by atoms with E-state index < -0.39 is 0 Å². The average Bonchev–Trinajstić information content (AvgIpc) is 2.15. The summed E-state index contributed by atoms with van der Waals surface area (Å²) in [7, 11) is 0. The highest BCUT2D eigenvalue weighted by atomic mass is 16.8. The Morgan fingerprint density at radius 3 is 2.91 bits per heavy atom. The Bertz CT molecular complexity index is 159. The van der Waals surface area contributed by atoms with Crippen molar-refractivity contribution in [2.45, 2.75) is 38.3 Å². The van der Waals surface area contributed by atoms with Crippen molar-refractivity contribution >= 4 is 0 Å². The molecule has 0 bridgehead atoms. The third-order valence-electron chi connectivity index (χ3n) is 2.31. The van der Waals surface area contributed by atoms with Gasteiger partial charge in [0.2, 0.25) is 5.79 Å². The first-order valence-electron chi connectivity index (χ1n) is 4.20. The van der Waals surface area contributed by atoms with E-state index in [1.54, 1.807) is 0 Å². The molecule has 0 radical (unpaired) electrons. The van der Waals surface area contributed by atoms with E-state index in [0.717, 1.165) is 6.42 Å². The van der Waals surface area contributed by atoms with Gasteiger partial charge < -0.3 is 14.2 Å². The number of rotatable bonds is 2. The van der Waals surface area contributed by atoms with Crippen LogP contribution in [-0.2, 0) is 14.2 Å². The Balaban J connectivity index is 2.02. The minimum absolute atomic E-state index is 0.192. The first-order valence-corrected chi connectivity index (χ1v) is 4.20. The van der Waals surface area contributed by atoms with E-state index in [9.17, 15) is 0 Å². The molecule has 0 aromatic carbocycles. The molecule has 0 N–H and O–H groups in total. The van der Waals surface area contributed by atoms with Gasteiger partial charge in [0.1, 0.15) is 12.7 Å². The van der Waals surface area contributed by atoms with Gasteiger partial charge in [0.15, 0.2) is 0 Å². The minimum Gasteiger partial charge on any atom is -0.367 e. The van der Waals surface area contributed by atoms with Crippen molar-refractivity contribution in [1.82, 2.24) is 0 Å². The van der Waals surface area contributed by atoms with Crippen molar-refractivity contribution in [3.63, 3.8) is 0 Å². The molecule has 2 saturated heterocycles. The molecular formula is C8H14O3. The van der Waals surface area contributed by atoms with Crippen molar-refractivity contribution in [2.24, 2.45) is 0 Å². The van der Waals surface area contributed by atoms with Gasteiger partial charge in [-0.15, -0.1) is 0 Å². The summed E-state index contributed by atoms with van der Waals surface area (Å²) in [5, 5.41) is 0. The predicted molar refractivity (Wildman–Crippen MR) is 39.3 cm³/mol. The van der Waals surface area contributed by atoms with Crippen LogP contribution in [0.1, 0.15) is 20.3 Å². The molecule has 0 spiro atoms. The summed E-state index contributed by atoms with van der Waals surface area (Å²) in [6, 6.07) is 0. The molecule has 3 atom stereocenters. The molecule has 2 heterocycles. The second kappa shape index (κ2) is 2.44. The predicted octanol–water partition coefficient (Wildman–Crippen LogP) is 0.927. The van der Waals surface area contributed by atoms with Crippen LogP contribution in [-0.4, -0.2) is 31.2 Å². The zero-order chi connectivity index (χ0) is 7.90. The highest BCUT2D eigenvalue weighted by Crippen LogP contribution is 2.41. The van der Waals surface area contributed by atoms with E-state index in [4.69, 9.17) is 14.2 Å². The van der Waals surface area contributed by atoms with Crippen LogP contribution in [0.3, 0.4) is 0 Å². The van der Waals surface area contributed by atoms with E-state index in [0.29, 0.717) is 13.2 Å². The Morgan fingerprint density at radius 1 is 1.64 bits per heavy atom. The van der Waals surface area contributed by atoms with Crippen molar-refractivity contribution in [2.75, 3.05) is 13.2 Å². The smallest absolute Gasteiger partial charge is 0.219 e. The summed E-state index contributed by atoms with van der Waals surface area (Å²) in [6.07, 6.45) is 1.45. The molecule has 0 saturated carbocycles. The van der Waals surface area contributed by atoms with Gasteiger partial charge in [0, 0.05) is 13.0 Å². The monoisotopic (exact) mass is 158 g/mol. The maximum absolute atomic E-state index is 5.64. The van der Waals surface area contributed by atoms with E-state index in [1.807, 2.05) is 6.92 Å². The number of hydrogen-bond acceptors (Lipinski definition) is 3. The quantitative estimate of drug-likeness (QED) is 0.598. The van der Waals surface area contributed by atoms with E-state index in [1.165, 1.54) is 0 Å². The van der Waals surface area contributed by atoms with E-state index in [2.05, 4.69) is 6.92 Å². The van der Waals surface area contributed by atoms with Crippen molar-refractivity contribution in [3.05, 3.63) is 0 Å². The van der Waals surface area contributed by atoms with Crippen LogP contribution in [0.2, 0.25) is 0 Å². The highest BCUT2D eigenvalue weighted by Gasteiger charge is 2.57. The first-order chi connectivity index (χ1) is 5.27. The van der Waals surface area contributed by atoms with Gasteiger partial charge in [0.05, 0.1) is 6.10 Å². The molecule has 2 aliphatic heterocycles. The molecule has 2 fully saturated rings. The molecule has 0 aromatic rings. The molecule has 3 nitrogen and oxygen atoms in total. The standard InChI is InChI=1S/C8H14O3/c1-3-10-8-5-9-7(8)4-6(2)11-8/h6-7H,3-5H2,1-2H3/t6-,7?,8?/m0/s1. The lowest BCUT2D eigenvalue weighted by Gasteiger charge is -2.42. The van der Waals surface area contributed by atoms with E-state index in [-0.39, 0.29) is 18.0 Å². The maximum Gasteiger partial charge on any atom is 0.219 e. The average molecular weight is 158 g/mol. The highest BCUT2D eigenvalue weighted by molar-refractivity contribution is 4.96. The van der Waals surface area contributed by atoms with Gasteiger partial charge >= 0.3 is 0 Å². The van der Waals surface area contributed by atoms with Crippen molar-refractivity contribution in [1.29, 1.82) is 0 Å². The molecule has 0 aliphatic carbocycles. The molecule has 3 heteroatoms. The van der Waals surface area contributed by atoms with Crippen LogP contribution >= 0.6 is 0 Å². The van der Waals surface area contributed by atoms with Crippen LogP contribution < -0.4 is 0 Å². The summed E-state index contributed by atoms with van der Waals surface area (Å²) < 4.78 is 16.5. The second-order valence-electron chi connectivity index (χ2n) is 3.21. The zero-order valence-electron chi connectivity index (χ0n) is 7.00. The summed E-state index contributed by atoms with van der Waals surface area (Å²) in [5.74, 6) is -0.367. The fraction of sp³-hybridized carbons (Fsp3) is 1.00. The normalized spacial score (nSPS) is 48.5. The number of fused-ring (bicyclic) bond motifs is 1. The molecule has 11 heavy (non-hydrogen) atoms. The molecule has 2 unspecified atom stereocenters. The summed E-state index contributed by atoms with van der Waals surface area (Å²) in [5.41, 5.74) is 0. The van der Waals surface area contributed by atoms with Crippen LogP contribution in [0, 0.1) is 0 Å². The molecule has 2 rings (SSSR count). The van der Waals surface area contributed by atoms with Crippen molar-refractivity contribution < 1.29 is 14.2 Å². The molecule has 0 aromatic heterocycles.